The number of aromatic nitrogens is 2. The van der Waals surface area contributed by atoms with Crippen molar-refractivity contribution in [3.8, 4) is 0 Å². The lowest BCUT2D eigenvalue weighted by molar-refractivity contribution is -0.117. The number of hydrogen-bond acceptors (Lipinski definition) is 7. The average molecular weight is 394 g/mol. The van der Waals surface area contributed by atoms with Gasteiger partial charge in [-0.05, 0) is 29.7 Å². The molecule has 132 valence electrons. The SMILES string of the molecule is CC(C)CSc1nnc(SCC(=O)c2ccc3c(c2)CC(=O)N3C)s1. The van der Waals surface area contributed by atoms with Crippen LogP contribution in [0, 0.1) is 5.92 Å². The summed E-state index contributed by atoms with van der Waals surface area (Å²) < 4.78 is 1.76. The van der Waals surface area contributed by atoms with E-state index in [1.807, 2.05) is 12.1 Å². The molecule has 1 aliphatic rings. The number of anilines is 1. The lowest BCUT2D eigenvalue weighted by Gasteiger charge is -2.10. The minimum atomic E-state index is 0.0429. The van der Waals surface area contributed by atoms with Crippen LogP contribution in [0.5, 0.6) is 0 Å². The Morgan fingerprint density at radius 2 is 2.00 bits per heavy atom. The number of carbonyl (C=O) groups excluding carboxylic acids is 2. The molecule has 3 rings (SSSR count). The third kappa shape index (κ3) is 4.43. The fraction of sp³-hybridized carbons (Fsp3) is 0.412. The molecule has 0 radical (unpaired) electrons. The summed E-state index contributed by atoms with van der Waals surface area (Å²) in [6.07, 6.45) is 0.368. The van der Waals surface area contributed by atoms with Gasteiger partial charge in [-0.2, -0.15) is 0 Å². The normalized spacial score (nSPS) is 13.6. The van der Waals surface area contributed by atoms with Crippen molar-refractivity contribution in [1.82, 2.24) is 10.2 Å². The maximum Gasteiger partial charge on any atom is 0.231 e. The molecule has 0 saturated heterocycles. The summed E-state index contributed by atoms with van der Waals surface area (Å²) in [4.78, 5) is 25.8. The fourth-order valence-corrected chi connectivity index (χ4v) is 5.30. The zero-order valence-electron chi connectivity index (χ0n) is 14.3. The number of rotatable bonds is 7. The molecule has 1 aromatic heterocycles. The molecule has 0 unspecified atom stereocenters. The summed E-state index contributed by atoms with van der Waals surface area (Å²) in [5, 5.41) is 8.30. The highest BCUT2D eigenvalue weighted by Gasteiger charge is 2.24. The number of amides is 1. The quantitative estimate of drug-likeness (QED) is 0.527. The van der Waals surface area contributed by atoms with E-state index in [2.05, 4.69) is 24.0 Å². The molecule has 0 bridgehead atoms. The number of carbonyl (C=O) groups is 2. The van der Waals surface area contributed by atoms with Gasteiger partial charge in [-0.3, -0.25) is 9.59 Å². The molecule has 5 nitrogen and oxygen atoms in total. The first-order valence-corrected chi connectivity index (χ1v) is 10.7. The minimum Gasteiger partial charge on any atom is -0.315 e. The first-order chi connectivity index (χ1) is 11.9. The van der Waals surface area contributed by atoms with E-state index in [0.717, 1.165) is 25.7 Å². The zero-order chi connectivity index (χ0) is 18.0. The van der Waals surface area contributed by atoms with Crippen LogP contribution in [0.3, 0.4) is 0 Å². The molecular formula is C17H19N3O2S3. The van der Waals surface area contributed by atoms with Crippen molar-refractivity contribution < 1.29 is 9.59 Å². The molecule has 0 saturated carbocycles. The monoisotopic (exact) mass is 393 g/mol. The Kier molecular flexibility index (Phi) is 5.81. The maximum absolute atomic E-state index is 12.4. The van der Waals surface area contributed by atoms with Crippen LogP contribution < -0.4 is 4.90 Å². The van der Waals surface area contributed by atoms with E-state index in [-0.39, 0.29) is 11.7 Å². The third-order valence-corrected chi connectivity index (χ3v) is 7.35. The van der Waals surface area contributed by atoms with Crippen LogP contribution in [0.2, 0.25) is 0 Å². The number of Topliss-reactive ketones (excluding diaryl/α,β-unsaturated/α-hetero) is 1. The second-order valence-electron chi connectivity index (χ2n) is 6.22. The Morgan fingerprint density at radius 3 is 2.72 bits per heavy atom. The average Bonchev–Trinajstić information content (AvgIpc) is 3.15. The summed E-state index contributed by atoms with van der Waals surface area (Å²) in [6.45, 7) is 4.34. The zero-order valence-corrected chi connectivity index (χ0v) is 16.8. The highest BCUT2D eigenvalue weighted by atomic mass is 32.2. The molecule has 8 heteroatoms. The van der Waals surface area contributed by atoms with Gasteiger partial charge in [0.05, 0.1) is 12.2 Å². The lowest BCUT2D eigenvalue weighted by Crippen LogP contribution is -2.20. The van der Waals surface area contributed by atoms with Crippen LogP contribution in [0.4, 0.5) is 5.69 Å². The van der Waals surface area contributed by atoms with Crippen molar-refractivity contribution in [3.05, 3.63) is 29.3 Å². The Labute approximate surface area is 159 Å². The number of ketones is 1. The molecule has 0 aliphatic carbocycles. The number of fused-ring (bicyclic) bond motifs is 1. The molecule has 0 fully saturated rings. The summed E-state index contributed by atoms with van der Waals surface area (Å²) in [5.41, 5.74) is 2.46. The van der Waals surface area contributed by atoms with Crippen molar-refractivity contribution >= 4 is 52.2 Å². The van der Waals surface area contributed by atoms with E-state index < -0.39 is 0 Å². The molecule has 25 heavy (non-hydrogen) atoms. The molecule has 0 N–H and O–H groups in total. The van der Waals surface area contributed by atoms with Crippen molar-refractivity contribution in [3.63, 3.8) is 0 Å². The van der Waals surface area contributed by atoms with Gasteiger partial charge in [0.2, 0.25) is 5.91 Å². The predicted molar refractivity (Wildman–Crippen MR) is 104 cm³/mol. The van der Waals surface area contributed by atoms with Gasteiger partial charge in [0, 0.05) is 24.1 Å². The largest absolute Gasteiger partial charge is 0.315 e. The standard InChI is InChI=1S/C17H19N3O2S3/c1-10(2)8-23-16-18-19-17(25-16)24-9-14(21)11-4-5-13-12(6-11)7-15(22)20(13)3/h4-6,10H,7-9H2,1-3H3. The van der Waals surface area contributed by atoms with E-state index >= 15 is 0 Å². The number of likely N-dealkylation sites (N-methyl/N-ethyl adjacent to an activating group) is 1. The maximum atomic E-state index is 12.4. The summed E-state index contributed by atoms with van der Waals surface area (Å²) in [6, 6.07) is 5.48. The van der Waals surface area contributed by atoms with Crippen LogP contribution in [0.15, 0.2) is 26.9 Å². The van der Waals surface area contributed by atoms with Crippen molar-refractivity contribution in [2.75, 3.05) is 23.5 Å². The second-order valence-corrected chi connectivity index (χ2v) is 9.69. The highest BCUT2D eigenvalue weighted by Crippen LogP contribution is 2.31. The topological polar surface area (TPSA) is 63.2 Å². The Hall–Kier alpha value is -1.38. The van der Waals surface area contributed by atoms with Gasteiger partial charge in [0.1, 0.15) is 0 Å². The lowest BCUT2D eigenvalue weighted by atomic mass is 10.1. The van der Waals surface area contributed by atoms with Gasteiger partial charge in [-0.25, -0.2) is 0 Å². The van der Waals surface area contributed by atoms with Gasteiger partial charge < -0.3 is 4.90 Å². The fourth-order valence-electron chi connectivity index (χ4n) is 2.41. The van der Waals surface area contributed by atoms with Gasteiger partial charge in [-0.15, -0.1) is 10.2 Å². The Balaban J connectivity index is 1.58. The van der Waals surface area contributed by atoms with Crippen LogP contribution in [-0.4, -0.2) is 40.4 Å². The molecule has 2 aromatic rings. The summed E-state index contributed by atoms with van der Waals surface area (Å²) in [5.74, 6) is 2.06. The first kappa shape index (κ1) is 18.4. The van der Waals surface area contributed by atoms with Crippen LogP contribution in [0.1, 0.15) is 29.8 Å². The van der Waals surface area contributed by atoms with Crippen molar-refractivity contribution in [2.45, 2.75) is 28.9 Å². The number of nitrogens with zero attached hydrogens (tertiary/aromatic N) is 3. The molecule has 1 aliphatic heterocycles. The van der Waals surface area contributed by atoms with E-state index in [0.29, 0.717) is 23.7 Å². The number of thioether (sulfide) groups is 2. The second kappa shape index (κ2) is 7.88. The van der Waals surface area contributed by atoms with Crippen molar-refractivity contribution in [2.24, 2.45) is 5.92 Å². The smallest absolute Gasteiger partial charge is 0.231 e. The number of benzene rings is 1. The Bertz CT molecular complexity index is 804. The predicted octanol–water partition coefficient (Wildman–Crippen LogP) is 3.78. The van der Waals surface area contributed by atoms with Crippen LogP contribution in [0.25, 0.3) is 0 Å². The van der Waals surface area contributed by atoms with E-state index in [1.54, 1.807) is 29.8 Å². The molecule has 1 aromatic carbocycles. The molecule has 0 spiro atoms. The third-order valence-electron chi connectivity index (χ3n) is 3.73. The molecule has 0 atom stereocenters. The first-order valence-electron chi connectivity index (χ1n) is 7.96. The highest BCUT2D eigenvalue weighted by molar-refractivity contribution is 8.03. The van der Waals surface area contributed by atoms with E-state index in [1.165, 1.54) is 23.1 Å². The molecule has 2 heterocycles. The van der Waals surface area contributed by atoms with Gasteiger partial charge in [0.25, 0.3) is 0 Å². The van der Waals surface area contributed by atoms with Gasteiger partial charge >= 0.3 is 0 Å². The Morgan fingerprint density at radius 1 is 1.28 bits per heavy atom. The summed E-state index contributed by atoms with van der Waals surface area (Å²) in [7, 11) is 1.76. The van der Waals surface area contributed by atoms with Crippen LogP contribution >= 0.6 is 34.9 Å². The van der Waals surface area contributed by atoms with Crippen LogP contribution in [-0.2, 0) is 11.2 Å². The van der Waals surface area contributed by atoms with E-state index in [4.69, 9.17) is 0 Å². The molecule has 1 amide bonds. The van der Waals surface area contributed by atoms with E-state index in [9.17, 15) is 9.59 Å². The van der Waals surface area contributed by atoms with Gasteiger partial charge in [0.15, 0.2) is 14.5 Å². The van der Waals surface area contributed by atoms with Crippen molar-refractivity contribution in [1.29, 1.82) is 0 Å². The molecular weight excluding hydrogens is 374 g/mol. The summed E-state index contributed by atoms with van der Waals surface area (Å²) >= 11 is 4.65. The minimum absolute atomic E-state index is 0.0429. The number of hydrogen-bond donors (Lipinski definition) is 0. The van der Waals surface area contributed by atoms with Gasteiger partial charge in [-0.1, -0.05) is 48.7 Å².